The number of nitrogens with zero attached hydrogens (tertiary/aromatic N) is 2. The second kappa shape index (κ2) is 9.18. The molecule has 1 aliphatic heterocycles. The van der Waals surface area contributed by atoms with E-state index in [4.69, 9.17) is 0 Å². The van der Waals surface area contributed by atoms with E-state index in [1.165, 1.54) is 25.8 Å². The summed E-state index contributed by atoms with van der Waals surface area (Å²) in [5.41, 5.74) is 0. The van der Waals surface area contributed by atoms with Gasteiger partial charge >= 0.3 is 6.03 Å². The van der Waals surface area contributed by atoms with Crippen LogP contribution < -0.4 is 5.32 Å². The number of nitrogens with one attached hydrogen (secondary N) is 1. The molecule has 0 aromatic carbocycles. The molecule has 0 spiro atoms. The topological polar surface area (TPSA) is 35.6 Å². The number of amides is 2. The van der Waals surface area contributed by atoms with Gasteiger partial charge in [0.25, 0.3) is 0 Å². The predicted molar refractivity (Wildman–Crippen MR) is 80.4 cm³/mol. The number of carbonyl (C=O) groups is 1. The van der Waals surface area contributed by atoms with E-state index < -0.39 is 0 Å². The normalized spacial score (nSPS) is 16.9. The fourth-order valence-electron chi connectivity index (χ4n) is 2.34. The molecule has 1 aliphatic rings. The molecule has 0 saturated carbocycles. The smallest absolute Gasteiger partial charge is 0.317 e. The Kier molecular flexibility index (Phi) is 7.87. The van der Waals surface area contributed by atoms with Crippen LogP contribution in [0.5, 0.6) is 0 Å². The molecule has 0 radical (unpaired) electrons. The first kappa shape index (κ1) is 16.3. The van der Waals surface area contributed by atoms with Crippen LogP contribution in [-0.2, 0) is 0 Å². The van der Waals surface area contributed by atoms with Crippen molar-refractivity contribution in [2.24, 2.45) is 5.92 Å². The lowest BCUT2D eigenvalue weighted by molar-refractivity contribution is 0.138. The summed E-state index contributed by atoms with van der Waals surface area (Å²) in [4.78, 5) is 16.4. The minimum atomic E-state index is 0.119. The summed E-state index contributed by atoms with van der Waals surface area (Å²) in [6.07, 6.45) is 4.94. The van der Waals surface area contributed by atoms with Crippen molar-refractivity contribution >= 4 is 6.03 Å². The monoisotopic (exact) mass is 269 g/mol. The van der Waals surface area contributed by atoms with E-state index in [9.17, 15) is 4.79 Å². The number of rotatable bonds is 7. The van der Waals surface area contributed by atoms with Crippen LogP contribution in [0.3, 0.4) is 0 Å². The van der Waals surface area contributed by atoms with Gasteiger partial charge in [0.15, 0.2) is 0 Å². The largest absolute Gasteiger partial charge is 0.338 e. The highest BCUT2D eigenvalue weighted by molar-refractivity contribution is 5.74. The Hall–Kier alpha value is -0.770. The van der Waals surface area contributed by atoms with Crippen LogP contribution in [0.25, 0.3) is 0 Å². The van der Waals surface area contributed by atoms with Gasteiger partial charge in [0, 0.05) is 32.7 Å². The molecule has 0 unspecified atom stereocenters. The molecular weight excluding hydrogens is 238 g/mol. The summed E-state index contributed by atoms with van der Waals surface area (Å²) < 4.78 is 0. The fourth-order valence-corrected chi connectivity index (χ4v) is 2.34. The highest BCUT2D eigenvalue weighted by Gasteiger charge is 2.20. The first-order valence-electron chi connectivity index (χ1n) is 7.88. The second-order valence-corrected chi connectivity index (χ2v) is 5.95. The highest BCUT2D eigenvalue weighted by Crippen LogP contribution is 2.05. The van der Waals surface area contributed by atoms with E-state index in [2.05, 4.69) is 31.0 Å². The van der Waals surface area contributed by atoms with Crippen molar-refractivity contribution in [1.29, 1.82) is 0 Å². The maximum Gasteiger partial charge on any atom is 0.317 e. The van der Waals surface area contributed by atoms with Crippen LogP contribution in [0.2, 0.25) is 0 Å². The van der Waals surface area contributed by atoms with E-state index in [1.54, 1.807) is 0 Å². The van der Waals surface area contributed by atoms with Crippen LogP contribution in [0.15, 0.2) is 0 Å². The van der Waals surface area contributed by atoms with Crippen LogP contribution in [-0.4, -0.2) is 55.1 Å². The molecule has 0 aromatic heterocycles. The standard InChI is InChI=1S/C15H31N3O/c1-4-5-6-9-17-10-12-18(13-11-17)15(19)16-8-7-14(2)3/h14H,4-13H2,1-3H3,(H,16,19). The molecule has 1 fully saturated rings. The number of piperazine rings is 1. The minimum Gasteiger partial charge on any atom is -0.338 e. The van der Waals surface area contributed by atoms with E-state index in [1.807, 2.05) is 4.90 Å². The first-order valence-corrected chi connectivity index (χ1v) is 7.88. The number of hydrogen-bond donors (Lipinski definition) is 1. The van der Waals surface area contributed by atoms with Crippen LogP contribution in [0, 0.1) is 5.92 Å². The fraction of sp³-hybridized carbons (Fsp3) is 0.933. The van der Waals surface area contributed by atoms with E-state index in [0.717, 1.165) is 39.1 Å². The maximum atomic E-state index is 11.9. The average molecular weight is 269 g/mol. The van der Waals surface area contributed by atoms with Gasteiger partial charge in [-0.05, 0) is 25.3 Å². The molecule has 0 aliphatic carbocycles. The van der Waals surface area contributed by atoms with Crippen molar-refractivity contribution in [2.45, 2.75) is 46.5 Å². The van der Waals surface area contributed by atoms with Gasteiger partial charge in [0.05, 0.1) is 0 Å². The zero-order valence-corrected chi connectivity index (χ0v) is 13.0. The van der Waals surface area contributed by atoms with Gasteiger partial charge in [-0.2, -0.15) is 0 Å². The minimum absolute atomic E-state index is 0.119. The molecule has 1 rings (SSSR count). The van der Waals surface area contributed by atoms with Gasteiger partial charge in [-0.1, -0.05) is 33.6 Å². The van der Waals surface area contributed by atoms with Crippen LogP contribution in [0.1, 0.15) is 46.5 Å². The Morgan fingerprint density at radius 1 is 1.16 bits per heavy atom. The Morgan fingerprint density at radius 2 is 1.84 bits per heavy atom. The Bertz CT molecular complexity index is 248. The van der Waals surface area contributed by atoms with Crippen molar-refractivity contribution in [2.75, 3.05) is 39.3 Å². The average Bonchev–Trinajstić information content (AvgIpc) is 2.39. The van der Waals surface area contributed by atoms with Gasteiger partial charge in [-0.25, -0.2) is 4.79 Å². The molecule has 112 valence electrons. The Labute approximate surface area is 118 Å². The van der Waals surface area contributed by atoms with E-state index >= 15 is 0 Å². The van der Waals surface area contributed by atoms with E-state index in [0.29, 0.717) is 5.92 Å². The first-order chi connectivity index (χ1) is 9.13. The van der Waals surface area contributed by atoms with Crippen LogP contribution in [0.4, 0.5) is 4.79 Å². The van der Waals surface area contributed by atoms with Crippen molar-refractivity contribution in [1.82, 2.24) is 15.1 Å². The zero-order chi connectivity index (χ0) is 14.1. The third-order valence-corrected chi connectivity index (χ3v) is 3.74. The molecule has 2 amide bonds. The number of urea groups is 1. The van der Waals surface area contributed by atoms with Gasteiger partial charge < -0.3 is 10.2 Å². The summed E-state index contributed by atoms with van der Waals surface area (Å²) in [5, 5.41) is 3.02. The lowest BCUT2D eigenvalue weighted by atomic mass is 10.1. The summed E-state index contributed by atoms with van der Waals surface area (Å²) in [6.45, 7) is 12.4. The third-order valence-electron chi connectivity index (χ3n) is 3.74. The third kappa shape index (κ3) is 6.81. The van der Waals surface area contributed by atoms with Crippen molar-refractivity contribution in [3.05, 3.63) is 0 Å². The molecular formula is C15H31N3O. The lowest BCUT2D eigenvalue weighted by Gasteiger charge is -2.34. The molecule has 4 heteroatoms. The number of carbonyl (C=O) groups excluding carboxylic acids is 1. The molecule has 4 nitrogen and oxygen atoms in total. The zero-order valence-electron chi connectivity index (χ0n) is 13.0. The van der Waals surface area contributed by atoms with Gasteiger partial charge in [0.1, 0.15) is 0 Å². The molecule has 1 N–H and O–H groups in total. The van der Waals surface area contributed by atoms with Gasteiger partial charge in [-0.15, -0.1) is 0 Å². The second-order valence-electron chi connectivity index (χ2n) is 5.95. The van der Waals surface area contributed by atoms with Gasteiger partial charge in [0.2, 0.25) is 0 Å². The van der Waals surface area contributed by atoms with Crippen molar-refractivity contribution < 1.29 is 4.79 Å². The Morgan fingerprint density at radius 3 is 2.42 bits per heavy atom. The van der Waals surface area contributed by atoms with E-state index in [-0.39, 0.29) is 6.03 Å². The summed E-state index contributed by atoms with van der Waals surface area (Å²) in [5.74, 6) is 0.649. The number of unbranched alkanes of at least 4 members (excludes halogenated alkanes) is 2. The summed E-state index contributed by atoms with van der Waals surface area (Å²) >= 11 is 0. The Balaban J connectivity index is 2.12. The lowest BCUT2D eigenvalue weighted by Crippen LogP contribution is -2.52. The molecule has 19 heavy (non-hydrogen) atoms. The summed E-state index contributed by atoms with van der Waals surface area (Å²) in [7, 11) is 0. The molecule has 0 aromatic rings. The van der Waals surface area contributed by atoms with Crippen molar-refractivity contribution in [3.63, 3.8) is 0 Å². The number of hydrogen-bond acceptors (Lipinski definition) is 2. The molecule has 0 atom stereocenters. The van der Waals surface area contributed by atoms with Crippen LogP contribution >= 0.6 is 0 Å². The molecule has 0 bridgehead atoms. The molecule has 1 saturated heterocycles. The van der Waals surface area contributed by atoms with Gasteiger partial charge in [-0.3, -0.25) is 4.90 Å². The highest BCUT2D eigenvalue weighted by atomic mass is 16.2. The SMILES string of the molecule is CCCCCN1CCN(C(=O)NCCC(C)C)CC1. The predicted octanol–water partition coefficient (Wildman–Crippen LogP) is 2.55. The molecule has 1 heterocycles. The van der Waals surface area contributed by atoms with Crippen molar-refractivity contribution in [3.8, 4) is 0 Å². The summed E-state index contributed by atoms with van der Waals surface area (Å²) in [6, 6.07) is 0.119. The quantitative estimate of drug-likeness (QED) is 0.721. The maximum absolute atomic E-state index is 11.9.